The third-order valence-electron chi connectivity index (χ3n) is 4.63. The molecular weight excluding hydrogens is 448 g/mol. The van der Waals surface area contributed by atoms with Crippen LogP contribution in [-0.2, 0) is 11.8 Å². The van der Waals surface area contributed by atoms with Crippen LogP contribution < -0.4 is 10.9 Å². The predicted octanol–water partition coefficient (Wildman–Crippen LogP) is 4.86. The Hall–Kier alpha value is -2.75. The summed E-state index contributed by atoms with van der Waals surface area (Å²) in [6.45, 7) is 3.98. The van der Waals surface area contributed by atoms with Gasteiger partial charge in [-0.25, -0.2) is 4.98 Å². The van der Waals surface area contributed by atoms with Gasteiger partial charge in [0.1, 0.15) is 4.70 Å². The maximum Gasteiger partial charge on any atom is 0.273 e. The zero-order chi connectivity index (χ0) is 22.1. The van der Waals surface area contributed by atoms with Crippen molar-refractivity contribution in [2.75, 3.05) is 11.1 Å². The minimum absolute atomic E-state index is 0.134. The van der Waals surface area contributed by atoms with Gasteiger partial charge in [-0.05, 0) is 61.5 Å². The maximum atomic E-state index is 12.9. The van der Waals surface area contributed by atoms with Gasteiger partial charge in [0.05, 0.1) is 5.75 Å². The van der Waals surface area contributed by atoms with Crippen LogP contribution in [0.4, 0.5) is 5.69 Å². The van der Waals surface area contributed by atoms with Crippen molar-refractivity contribution in [1.82, 2.24) is 14.1 Å². The van der Waals surface area contributed by atoms with Gasteiger partial charge < -0.3 is 5.32 Å². The summed E-state index contributed by atoms with van der Waals surface area (Å²) in [6.07, 6.45) is 0. The average Bonchev–Trinajstić information content (AvgIpc) is 3.05. The topological polar surface area (TPSA) is 68.9 Å². The van der Waals surface area contributed by atoms with Crippen LogP contribution in [0.15, 0.2) is 58.5 Å². The molecule has 6 nitrogen and oxygen atoms in total. The lowest BCUT2D eigenvalue weighted by molar-refractivity contribution is -0.113. The minimum atomic E-state index is -0.173. The molecule has 0 aliphatic carbocycles. The number of benzene rings is 2. The van der Waals surface area contributed by atoms with Crippen molar-refractivity contribution in [3.63, 3.8) is 0 Å². The number of nitrogens with zero attached hydrogens (tertiary/aromatic N) is 3. The molecule has 0 atom stereocenters. The van der Waals surface area contributed by atoms with Gasteiger partial charge >= 0.3 is 0 Å². The number of carbonyl (C=O) groups is 1. The SMILES string of the molecule is Cc1cc(C)cc(NC(=O)CSc2nc3c(sc(=S)n3-c3ccccc3)c(=O)n2C)c1. The lowest BCUT2D eigenvalue weighted by Gasteiger charge is -2.10. The van der Waals surface area contributed by atoms with Gasteiger partial charge in [-0.15, -0.1) is 0 Å². The summed E-state index contributed by atoms with van der Waals surface area (Å²) in [7, 11) is 1.66. The Kier molecular flexibility index (Phi) is 6.08. The van der Waals surface area contributed by atoms with Crippen LogP contribution >= 0.6 is 35.3 Å². The van der Waals surface area contributed by atoms with Gasteiger partial charge in [0.15, 0.2) is 14.8 Å². The number of fused-ring (bicyclic) bond motifs is 1. The third-order valence-corrected chi connectivity index (χ3v) is 7.01. The lowest BCUT2D eigenvalue weighted by Crippen LogP contribution is -2.21. The first-order valence-corrected chi connectivity index (χ1v) is 11.7. The summed E-state index contributed by atoms with van der Waals surface area (Å²) in [5.41, 5.74) is 4.12. The Bertz CT molecular complexity index is 1380. The van der Waals surface area contributed by atoms with Crippen molar-refractivity contribution in [3.05, 3.63) is 74.0 Å². The van der Waals surface area contributed by atoms with Gasteiger partial charge in [-0.3, -0.25) is 18.7 Å². The first kappa shape index (κ1) is 21.5. The molecule has 0 spiro atoms. The second-order valence-electron chi connectivity index (χ2n) is 7.16. The van der Waals surface area contributed by atoms with E-state index < -0.39 is 0 Å². The summed E-state index contributed by atoms with van der Waals surface area (Å²) >= 11 is 7.97. The summed E-state index contributed by atoms with van der Waals surface area (Å²) in [6, 6.07) is 15.5. The Morgan fingerprint density at radius 2 is 1.84 bits per heavy atom. The fraction of sp³-hybridized carbons (Fsp3) is 0.182. The standard InChI is InChI=1S/C22H20N4O2S3/c1-13-9-14(2)11-15(10-13)23-17(27)12-30-21-24-19-18(20(28)25(21)3)31-22(29)26(19)16-7-5-4-6-8-16/h4-11H,12H2,1-3H3,(H,23,27). The molecule has 0 bridgehead atoms. The van der Waals surface area contributed by atoms with Gasteiger partial charge in [0, 0.05) is 18.4 Å². The quantitative estimate of drug-likeness (QED) is 0.257. The monoisotopic (exact) mass is 468 g/mol. The van der Waals surface area contributed by atoms with Crippen LogP contribution in [-0.4, -0.2) is 25.8 Å². The van der Waals surface area contributed by atoms with Crippen LogP contribution in [0.2, 0.25) is 0 Å². The molecule has 4 rings (SSSR count). The number of nitrogens with one attached hydrogen (secondary N) is 1. The van der Waals surface area contributed by atoms with E-state index in [0.717, 1.165) is 22.5 Å². The lowest BCUT2D eigenvalue weighted by atomic mass is 10.1. The maximum absolute atomic E-state index is 12.9. The summed E-state index contributed by atoms with van der Waals surface area (Å²) in [5, 5.41) is 3.38. The van der Waals surface area contributed by atoms with Crippen molar-refractivity contribution in [2.24, 2.45) is 7.05 Å². The number of thiazole rings is 1. The summed E-state index contributed by atoms with van der Waals surface area (Å²) in [4.78, 5) is 30.1. The fourth-order valence-electron chi connectivity index (χ4n) is 3.32. The molecule has 0 saturated carbocycles. The van der Waals surface area contributed by atoms with Crippen LogP contribution in [0.1, 0.15) is 11.1 Å². The largest absolute Gasteiger partial charge is 0.325 e. The average molecular weight is 469 g/mol. The number of thioether (sulfide) groups is 1. The summed E-state index contributed by atoms with van der Waals surface area (Å²) in [5.74, 6) is -0.0239. The molecule has 0 aliphatic rings. The molecule has 0 aliphatic heterocycles. The van der Waals surface area contributed by atoms with Crippen LogP contribution in [0.25, 0.3) is 16.0 Å². The fourth-order valence-corrected chi connectivity index (χ4v) is 5.43. The Morgan fingerprint density at radius 3 is 2.52 bits per heavy atom. The van der Waals surface area contributed by atoms with Crippen LogP contribution in [0.5, 0.6) is 0 Å². The molecule has 31 heavy (non-hydrogen) atoms. The highest BCUT2D eigenvalue weighted by Gasteiger charge is 2.17. The molecule has 0 unspecified atom stereocenters. The van der Waals surface area contributed by atoms with E-state index in [4.69, 9.17) is 17.2 Å². The molecule has 0 fully saturated rings. The molecule has 2 aromatic heterocycles. The van der Waals surface area contributed by atoms with E-state index in [0.29, 0.717) is 19.5 Å². The van der Waals surface area contributed by atoms with Crippen molar-refractivity contribution in [3.8, 4) is 5.69 Å². The predicted molar refractivity (Wildman–Crippen MR) is 130 cm³/mol. The molecule has 2 aromatic carbocycles. The van der Waals surface area contributed by atoms with E-state index in [-0.39, 0.29) is 17.2 Å². The van der Waals surface area contributed by atoms with Crippen LogP contribution in [0.3, 0.4) is 0 Å². The Labute approximate surface area is 192 Å². The van der Waals surface area contributed by atoms with Crippen LogP contribution in [0, 0.1) is 17.8 Å². The number of para-hydroxylation sites is 1. The van der Waals surface area contributed by atoms with Crippen molar-refractivity contribution >= 4 is 57.3 Å². The van der Waals surface area contributed by atoms with E-state index >= 15 is 0 Å². The van der Waals surface area contributed by atoms with Gasteiger partial charge in [-0.2, -0.15) is 0 Å². The van der Waals surface area contributed by atoms with E-state index in [1.54, 1.807) is 11.6 Å². The number of aromatic nitrogens is 3. The van der Waals surface area contributed by atoms with Crippen molar-refractivity contribution in [1.29, 1.82) is 0 Å². The highest BCUT2D eigenvalue weighted by Crippen LogP contribution is 2.25. The zero-order valence-corrected chi connectivity index (χ0v) is 19.7. The number of carbonyl (C=O) groups excluding carboxylic acids is 1. The Morgan fingerprint density at radius 1 is 1.16 bits per heavy atom. The second-order valence-corrected chi connectivity index (χ2v) is 9.75. The number of hydrogen-bond acceptors (Lipinski definition) is 6. The highest BCUT2D eigenvalue weighted by atomic mass is 32.2. The molecule has 9 heteroatoms. The molecule has 1 N–H and O–H groups in total. The third kappa shape index (κ3) is 4.48. The number of anilines is 1. The van der Waals surface area contributed by atoms with E-state index in [1.165, 1.54) is 27.7 Å². The van der Waals surface area contributed by atoms with Gasteiger partial charge in [0.2, 0.25) is 5.91 Å². The highest BCUT2D eigenvalue weighted by molar-refractivity contribution is 7.99. The number of hydrogen-bond donors (Lipinski definition) is 1. The van der Waals surface area contributed by atoms with Gasteiger partial charge in [0.25, 0.3) is 5.56 Å². The molecule has 1 amide bonds. The van der Waals surface area contributed by atoms with Gasteiger partial charge in [-0.1, -0.05) is 47.4 Å². The normalized spacial score (nSPS) is 11.1. The second kappa shape index (κ2) is 8.78. The molecule has 4 aromatic rings. The molecule has 2 heterocycles. The molecule has 0 radical (unpaired) electrons. The van der Waals surface area contributed by atoms with Crippen molar-refractivity contribution in [2.45, 2.75) is 19.0 Å². The zero-order valence-electron chi connectivity index (χ0n) is 17.2. The van der Waals surface area contributed by atoms with Crippen molar-refractivity contribution < 1.29 is 4.79 Å². The first-order chi connectivity index (χ1) is 14.8. The molecular formula is C22H20N4O2S3. The minimum Gasteiger partial charge on any atom is -0.325 e. The number of aryl methyl sites for hydroxylation is 2. The Balaban J connectivity index is 1.63. The van der Waals surface area contributed by atoms with E-state index in [1.807, 2.05) is 56.3 Å². The first-order valence-electron chi connectivity index (χ1n) is 9.52. The van der Waals surface area contributed by atoms with E-state index in [2.05, 4.69) is 11.4 Å². The summed E-state index contributed by atoms with van der Waals surface area (Å²) < 4.78 is 4.33. The molecule has 0 saturated heterocycles. The molecule has 158 valence electrons. The number of amides is 1. The number of rotatable bonds is 5. The smallest absolute Gasteiger partial charge is 0.273 e. The van der Waals surface area contributed by atoms with E-state index in [9.17, 15) is 9.59 Å².